The highest BCUT2D eigenvalue weighted by molar-refractivity contribution is 5.09. The van der Waals surface area contributed by atoms with Gasteiger partial charge in [-0.25, -0.2) is 4.98 Å². The zero-order valence-electron chi connectivity index (χ0n) is 15.6. The second-order valence-electron chi connectivity index (χ2n) is 7.62. The van der Waals surface area contributed by atoms with E-state index < -0.39 is 18.0 Å². The average molecular weight is 391 g/mol. The fourth-order valence-electron chi connectivity index (χ4n) is 3.82. The second kappa shape index (κ2) is 8.89. The number of alkyl halides is 3. The zero-order valence-corrected chi connectivity index (χ0v) is 15.6. The highest BCUT2D eigenvalue weighted by Gasteiger charge is 2.35. The Morgan fingerprint density at radius 1 is 1.37 bits per heavy atom. The molecule has 2 aliphatic heterocycles. The lowest BCUT2D eigenvalue weighted by molar-refractivity contribution is -0.141. The van der Waals surface area contributed by atoms with Crippen LogP contribution in [0.4, 0.5) is 13.2 Å². The Morgan fingerprint density at radius 2 is 2.11 bits per heavy atom. The second-order valence-corrected chi connectivity index (χ2v) is 7.62. The van der Waals surface area contributed by atoms with Gasteiger partial charge in [-0.2, -0.15) is 13.2 Å². The molecule has 1 aromatic rings. The van der Waals surface area contributed by atoms with Gasteiger partial charge in [-0.05, 0) is 32.2 Å². The third-order valence-electron chi connectivity index (χ3n) is 5.17. The predicted molar refractivity (Wildman–Crippen MR) is 92.3 cm³/mol. The lowest BCUT2D eigenvalue weighted by atomic mass is 9.99. The minimum atomic E-state index is -4.40. The van der Waals surface area contributed by atoms with Crippen LogP contribution in [0, 0.1) is 5.92 Å². The van der Waals surface area contributed by atoms with Crippen molar-refractivity contribution in [2.45, 2.75) is 50.6 Å². The van der Waals surface area contributed by atoms with Gasteiger partial charge in [0.25, 0.3) is 0 Å². The average Bonchev–Trinajstić information content (AvgIpc) is 3.04. The van der Waals surface area contributed by atoms with Gasteiger partial charge in [0.2, 0.25) is 0 Å². The van der Waals surface area contributed by atoms with Crippen molar-refractivity contribution < 1.29 is 27.8 Å². The first kappa shape index (κ1) is 20.6. The number of aliphatic hydroxyl groups is 1. The Balaban J connectivity index is 1.41. The zero-order chi connectivity index (χ0) is 19.4. The van der Waals surface area contributed by atoms with Crippen LogP contribution in [0.15, 0.2) is 6.20 Å². The molecule has 27 heavy (non-hydrogen) atoms. The number of aryl methyl sites for hydroxylation is 1. The molecule has 1 aromatic heterocycles. The van der Waals surface area contributed by atoms with Gasteiger partial charge in [0.05, 0.1) is 18.8 Å². The van der Waals surface area contributed by atoms with Crippen LogP contribution in [-0.4, -0.2) is 71.7 Å². The molecule has 0 bridgehead atoms. The topological polar surface area (TPSA) is 59.8 Å². The number of halogens is 3. The van der Waals surface area contributed by atoms with Gasteiger partial charge in [0.1, 0.15) is 5.82 Å². The molecule has 3 heterocycles. The molecular formula is C18H28F3N3O3. The largest absolute Gasteiger partial charge is 0.434 e. The van der Waals surface area contributed by atoms with Crippen molar-refractivity contribution in [3.05, 3.63) is 17.7 Å². The van der Waals surface area contributed by atoms with Gasteiger partial charge in [-0.1, -0.05) is 0 Å². The van der Waals surface area contributed by atoms with Crippen molar-refractivity contribution in [2.24, 2.45) is 5.92 Å². The summed E-state index contributed by atoms with van der Waals surface area (Å²) in [6.07, 6.45) is -0.655. The SMILES string of the molecule is CN(C[C@@H](O)COC1CCOCC1)C[C@@H]1CCc2nc(C(F)(F)F)cn2C1. The van der Waals surface area contributed by atoms with E-state index in [-0.39, 0.29) is 12.0 Å². The molecule has 1 fully saturated rings. The quantitative estimate of drug-likeness (QED) is 0.770. The maximum atomic E-state index is 12.8. The monoisotopic (exact) mass is 391 g/mol. The first-order valence-corrected chi connectivity index (χ1v) is 9.50. The van der Waals surface area contributed by atoms with Crippen molar-refractivity contribution in [3.63, 3.8) is 0 Å². The molecule has 0 radical (unpaired) electrons. The molecule has 0 unspecified atom stereocenters. The lowest BCUT2D eigenvalue weighted by Gasteiger charge is -2.29. The Hall–Kier alpha value is -1.16. The summed E-state index contributed by atoms with van der Waals surface area (Å²) in [5, 5.41) is 10.2. The summed E-state index contributed by atoms with van der Waals surface area (Å²) in [5.74, 6) is 0.743. The maximum absolute atomic E-state index is 12.8. The van der Waals surface area contributed by atoms with Gasteiger partial charge in [0, 0.05) is 45.5 Å². The van der Waals surface area contributed by atoms with E-state index >= 15 is 0 Å². The van der Waals surface area contributed by atoms with E-state index in [2.05, 4.69) is 4.98 Å². The minimum absolute atomic E-state index is 0.152. The van der Waals surface area contributed by atoms with Crippen LogP contribution in [0.5, 0.6) is 0 Å². The number of hydrogen-bond acceptors (Lipinski definition) is 5. The summed E-state index contributed by atoms with van der Waals surface area (Å²) in [6, 6.07) is 0. The Morgan fingerprint density at radius 3 is 2.81 bits per heavy atom. The van der Waals surface area contributed by atoms with Gasteiger partial charge in [-0.3, -0.25) is 0 Å². The lowest BCUT2D eigenvalue weighted by Crippen LogP contribution is -2.38. The van der Waals surface area contributed by atoms with Crippen LogP contribution in [0.2, 0.25) is 0 Å². The molecule has 2 aliphatic rings. The minimum Gasteiger partial charge on any atom is -0.389 e. The van der Waals surface area contributed by atoms with Crippen molar-refractivity contribution in [1.82, 2.24) is 14.5 Å². The van der Waals surface area contributed by atoms with Crippen LogP contribution in [0.25, 0.3) is 0 Å². The van der Waals surface area contributed by atoms with Crippen molar-refractivity contribution in [2.75, 3.05) is 40.0 Å². The number of aliphatic hydroxyl groups excluding tert-OH is 1. The number of likely N-dealkylation sites (N-methyl/N-ethyl adjacent to an activating group) is 1. The molecule has 0 saturated carbocycles. The van der Waals surface area contributed by atoms with E-state index in [1.54, 1.807) is 4.57 Å². The summed E-state index contributed by atoms with van der Waals surface area (Å²) in [4.78, 5) is 5.73. The fraction of sp³-hybridized carbons (Fsp3) is 0.833. The molecule has 0 spiro atoms. The molecule has 1 N–H and O–H groups in total. The van der Waals surface area contributed by atoms with Gasteiger partial charge < -0.3 is 24.0 Å². The molecule has 2 atom stereocenters. The number of hydrogen-bond donors (Lipinski definition) is 1. The molecule has 1 saturated heterocycles. The van der Waals surface area contributed by atoms with E-state index in [0.29, 0.717) is 51.7 Å². The fourth-order valence-corrected chi connectivity index (χ4v) is 3.82. The Labute approximate surface area is 157 Å². The van der Waals surface area contributed by atoms with Crippen molar-refractivity contribution in [1.29, 1.82) is 0 Å². The van der Waals surface area contributed by atoms with E-state index in [1.165, 1.54) is 0 Å². The molecule has 3 rings (SSSR count). The van der Waals surface area contributed by atoms with Crippen LogP contribution in [0.1, 0.15) is 30.8 Å². The Kier molecular flexibility index (Phi) is 6.78. The van der Waals surface area contributed by atoms with E-state index in [9.17, 15) is 18.3 Å². The molecule has 0 amide bonds. The van der Waals surface area contributed by atoms with Gasteiger partial charge in [-0.15, -0.1) is 0 Å². The number of rotatable bonds is 7. The summed E-state index contributed by atoms with van der Waals surface area (Å²) in [6.45, 7) is 3.42. The molecule has 6 nitrogen and oxygen atoms in total. The van der Waals surface area contributed by atoms with Crippen LogP contribution < -0.4 is 0 Å². The third kappa shape index (κ3) is 5.91. The normalized spacial score (nSPS) is 22.8. The number of aromatic nitrogens is 2. The summed E-state index contributed by atoms with van der Waals surface area (Å²) in [7, 11) is 1.92. The maximum Gasteiger partial charge on any atom is 0.434 e. The van der Waals surface area contributed by atoms with E-state index in [4.69, 9.17) is 9.47 Å². The van der Waals surface area contributed by atoms with Crippen LogP contribution >= 0.6 is 0 Å². The van der Waals surface area contributed by atoms with Crippen molar-refractivity contribution in [3.8, 4) is 0 Å². The highest BCUT2D eigenvalue weighted by atomic mass is 19.4. The number of fused-ring (bicyclic) bond motifs is 1. The van der Waals surface area contributed by atoms with Crippen molar-refractivity contribution >= 4 is 0 Å². The van der Waals surface area contributed by atoms with Gasteiger partial charge in [0.15, 0.2) is 5.69 Å². The molecule has 0 aromatic carbocycles. The van der Waals surface area contributed by atoms with E-state index in [1.807, 2.05) is 11.9 Å². The summed E-state index contributed by atoms with van der Waals surface area (Å²) >= 11 is 0. The summed E-state index contributed by atoms with van der Waals surface area (Å²) in [5.41, 5.74) is -0.813. The van der Waals surface area contributed by atoms with Crippen LogP contribution in [-0.2, 0) is 28.6 Å². The van der Waals surface area contributed by atoms with E-state index in [0.717, 1.165) is 25.5 Å². The van der Waals surface area contributed by atoms with Crippen LogP contribution in [0.3, 0.4) is 0 Å². The molecule has 0 aliphatic carbocycles. The molecule has 154 valence electrons. The van der Waals surface area contributed by atoms with Gasteiger partial charge >= 0.3 is 6.18 Å². The summed E-state index contributed by atoms with van der Waals surface area (Å²) < 4.78 is 51.0. The number of imidazole rings is 1. The first-order chi connectivity index (χ1) is 12.8. The number of nitrogens with zero attached hydrogens (tertiary/aromatic N) is 3. The number of ether oxygens (including phenoxy) is 2. The molecular weight excluding hydrogens is 363 g/mol. The Bertz CT molecular complexity index is 602. The smallest absolute Gasteiger partial charge is 0.389 e. The molecule has 9 heteroatoms. The third-order valence-corrected chi connectivity index (χ3v) is 5.17. The predicted octanol–water partition coefficient (Wildman–Crippen LogP) is 1.95. The first-order valence-electron chi connectivity index (χ1n) is 9.50. The highest BCUT2D eigenvalue weighted by Crippen LogP contribution is 2.30. The standard InChI is InChI=1S/C18H28F3N3O3/c1-23(10-14(25)12-27-15-4-6-26-7-5-15)8-13-2-3-17-22-16(18(19,20)21)11-24(17)9-13/h11,13-15,25H,2-10,12H2,1H3/t13-,14+/m0/s1.